The molecule has 26 heavy (non-hydrogen) atoms. The number of rotatable bonds is 11. The number of ether oxygens (including phenoxy) is 1. The van der Waals surface area contributed by atoms with Crippen LogP contribution in [0.25, 0.3) is 0 Å². The highest BCUT2D eigenvalue weighted by Gasteiger charge is 2.36. The molecule has 0 atom stereocenters. The Kier molecular flexibility index (Phi) is 9.04. The normalized spacial score (nSPS) is 16.8. The van der Waals surface area contributed by atoms with Gasteiger partial charge in [-0.2, -0.15) is 0 Å². The largest absolute Gasteiger partial charge is 0.385 e. The molecule has 0 aromatic heterocycles. The molecular formula is C23H36F2O. The number of hydrogen-bond acceptors (Lipinski definition) is 1. The van der Waals surface area contributed by atoms with Crippen LogP contribution in [0.3, 0.4) is 0 Å². The number of hydrogen-bond donors (Lipinski definition) is 0. The molecule has 0 N–H and O–H groups in total. The standard InChI is InChI=1S/C23H36F2O/c1-3-4-8-15-23(16-9-6-10-17-23)20-14-13-19(21(24)22(20)25)12-7-5-11-18-26-2/h13-14H,3-12,15-18H2,1-2H3. The van der Waals surface area contributed by atoms with Crippen molar-refractivity contribution < 1.29 is 13.5 Å². The minimum absolute atomic E-state index is 0.144. The summed E-state index contributed by atoms with van der Waals surface area (Å²) < 4.78 is 34.8. The summed E-state index contributed by atoms with van der Waals surface area (Å²) in [7, 11) is 1.69. The first-order valence-electron chi connectivity index (χ1n) is 10.6. The van der Waals surface area contributed by atoms with E-state index < -0.39 is 11.6 Å². The van der Waals surface area contributed by atoms with Gasteiger partial charge in [0.25, 0.3) is 0 Å². The molecular weight excluding hydrogens is 330 g/mol. The van der Waals surface area contributed by atoms with Crippen LogP contribution in [0.5, 0.6) is 0 Å². The average molecular weight is 367 g/mol. The Bertz CT molecular complexity index is 535. The number of benzene rings is 1. The third-order valence-electron chi connectivity index (χ3n) is 6.10. The van der Waals surface area contributed by atoms with Gasteiger partial charge in [0.1, 0.15) is 0 Å². The Morgan fingerprint density at radius 3 is 2.38 bits per heavy atom. The molecule has 0 spiro atoms. The Morgan fingerprint density at radius 2 is 1.69 bits per heavy atom. The topological polar surface area (TPSA) is 9.23 Å². The maximum absolute atomic E-state index is 15.0. The molecule has 1 nitrogen and oxygen atoms in total. The Balaban J connectivity index is 2.12. The maximum Gasteiger partial charge on any atom is 0.162 e. The van der Waals surface area contributed by atoms with Crippen molar-refractivity contribution in [2.45, 2.75) is 95.8 Å². The lowest BCUT2D eigenvalue weighted by Crippen LogP contribution is -2.30. The van der Waals surface area contributed by atoms with Crippen molar-refractivity contribution in [3.8, 4) is 0 Å². The van der Waals surface area contributed by atoms with Crippen LogP contribution in [0.15, 0.2) is 12.1 Å². The molecule has 0 unspecified atom stereocenters. The summed E-state index contributed by atoms with van der Waals surface area (Å²) >= 11 is 0. The van der Waals surface area contributed by atoms with Gasteiger partial charge < -0.3 is 4.74 Å². The Hall–Kier alpha value is -0.960. The molecule has 1 aliphatic rings. The van der Waals surface area contributed by atoms with Crippen molar-refractivity contribution in [2.24, 2.45) is 0 Å². The lowest BCUT2D eigenvalue weighted by molar-refractivity contribution is 0.192. The Labute approximate surface area is 158 Å². The predicted octanol–water partition coefficient (Wildman–Crippen LogP) is 7.11. The second kappa shape index (κ2) is 11.0. The van der Waals surface area contributed by atoms with E-state index in [4.69, 9.17) is 4.74 Å². The first-order chi connectivity index (χ1) is 12.6. The highest BCUT2D eigenvalue weighted by Crippen LogP contribution is 2.45. The number of halogens is 2. The summed E-state index contributed by atoms with van der Waals surface area (Å²) in [6.07, 6.45) is 13.4. The van der Waals surface area contributed by atoms with Crippen LogP contribution in [-0.4, -0.2) is 13.7 Å². The van der Waals surface area contributed by atoms with E-state index in [1.54, 1.807) is 7.11 Å². The molecule has 2 rings (SSSR count). The Morgan fingerprint density at radius 1 is 0.923 bits per heavy atom. The summed E-state index contributed by atoms with van der Waals surface area (Å²) in [6, 6.07) is 3.75. The third-order valence-corrected chi connectivity index (χ3v) is 6.10. The molecule has 1 aromatic carbocycles. The van der Waals surface area contributed by atoms with Crippen molar-refractivity contribution in [2.75, 3.05) is 13.7 Å². The van der Waals surface area contributed by atoms with E-state index in [0.29, 0.717) is 17.5 Å². The minimum atomic E-state index is -0.602. The van der Waals surface area contributed by atoms with E-state index in [0.717, 1.165) is 70.8 Å². The van der Waals surface area contributed by atoms with E-state index >= 15 is 4.39 Å². The molecule has 0 aliphatic heterocycles. The van der Waals surface area contributed by atoms with Gasteiger partial charge in [0, 0.05) is 13.7 Å². The SMILES string of the molecule is CCCCCC1(c2ccc(CCCCCOC)c(F)c2F)CCCCC1. The van der Waals surface area contributed by atoms with E-state index in [1.165, 1.54) is 12.8 Å². The second-order valence-electron chi connectivity index (χ2n) is 8.00. The fourth-order valence-corrected chi connectivity index (χ4v) is 4.53. The van der Waals surface area contributed by atoms with Crippen LogP contribution in [0.2, 0.25) is 0 Å². The molecule has 1 fully saturated rings. The van der Waals surface area contributed by atoms with Crippen LogP contribution in [-0.2, 0) is 16.6 Å². The third kappa shape index (κ3) is 5.52. The molecule has 1 saturated carbocycles. The van der Waals surface area contributed by atoms with Crippen LogP contribution >= 0.6 is 0 Å². The van der Waals surface area contributed by atoms with Crippen molar-refractivity contribution in [3.05, 3.63) is 34.9 Å². The van der Waals surface area contributed by atoms with Crippen molar-refractivity contribution in [1.82, 2.24) is 0 Å². The average Bonchev–Trinajstić information content (AvgIpc) is 2.66. The molecule has 1 aliphatic carbocycles. The zero-order chi connectivity index (χ0) is 18.8. The highest BCUT2D eigenvalue weighted by atomic mass is 19.2. The zero-order valence-corrected chi connectivity index (χ0v) is 16.7. The van der Waals surface area contributed by atoms with Gasteiger partial charge in [0.05, 0.1) is 0 Å². The van der Waals surface area contributed by atoms with Crippen molar-refractivity contribution in [3.63, 3.8) is 0 Å². The fourth-order valence-electron chi connectivity index (χ4n) is 4.53. The van der Waals surface area contributed by atoms with Gasteiger partial charge in [0.2, 0.25) is 0 Å². The summed E-state index contributed by atoms with van der Waals surface area (Å²) in [5.41, 5.74) is 1.03. The quantitative estimate of drug-likeness (QED) is 0.379. The van der Waals surface area contributed by atoms with Gasteiger partial charge >= 0.3 is 0 Å². The summed E-state index contributed by atoms with van der Waals surface area (Å²) in [5.74, 6) is -1.17. The molecule has 1 aromatic rings. The zero-order valence-electron chi connectivity index (χ0n) is 16.7. The molecule has 0 heterocycles. The highest BCUT2D eigenvalue weighted by molar-refractivity contribution is 5.33. The minimum Gasteiger partial charge on any atom is -0.385 e. The lowest BCUT2D eigenvalue weighted by Gasteiger charge is -2.38. The predicted molar refractivity (Wildman–Crippen MR) is 105 cm³/mol. The summed E-state index contributed by atoms with van der Waals surface area (Å²) in [4.78, 5) is 0. The van der Waals surface area contributed by atoms with Crippen LogP contribution < -0.4 is 0 Å². The van der Waals surface area contributed by atoms with Gasteiger partial charge in [-0.3, -0.25) is 0 Å². The maximum atomic E-state index is 15.0. The van der Waals surface area contributed by atoms with Crippen LogP contribution in [0.4, 0.5) is 8.78 Å². The molecule has 148 valence electrons. The summed E-state index contributed by atoms with van der Waals surface area (Å²) in [5, 5.41) is 0. The van der Waals surface area contributed by atoms with Gasteiger partial charge in [-0.1, -0.05) is 64.0 Å². The van der Waals surface area contributed by atoms with Gasteiger partial charge in [-0.05, 0) is 55.1 Å². The lowest BCUT2D eigenvalue weighted by atomic mass is 9.66. The van der Waals surface area contributed by atoms with E-state index in [9.17, 15) is 4.39 Å². The van der Waals surface area contributed by atoms with Crippen LogP contribution in [0, 0.1) is 11.6 Å². The number of methoxy groups -OCH3 is 1. The van der Waals surface area contributed by atoms with Gasteiger partial charge in [-0.25, -0.2) is 8.78 Å². The van der Waals surface area contributed by atoms with E-state index in [1.807, 2.05) is 12.1 Å². The van der Waals surface area contributed by atoms with Crippen molar-refractivity contribution >= 4 is 0 Å². The smallest absolute Gasteiger partial charge is 0.162 e. The number of unbranched alkanes of at least 4 members (excludes halogenated alkanes) is 4. The van der Waals surface area contributed by atoms with Gasteiger partial charge in [0.15, 0.2) is 11.6 Å². The molecule has 0 radical (unpaired) electrons. The first-order valence-corrected chi connectivity index (χ1v) is 10.6. The molecule has 3 heteroatoms. The van der Waals surface area contributed by atoms with Crippen LogP contribution in [0.1, 0.15) is 95.1 Å². The number of aryl methyl sites for hydroxylation is 1. The molecule has 0 bridgehead atoms. The molecule has 0 amide bonds. The van der Waals surface area contributed by atoms with Crippen molar-refractivity contribution in [1.29, 1.82) is 0 Å². The second-order valence-corrected chi connectivity index (χ2v) is 8.00. The van der Waals surface area contributed by atoms with Gasteiger partial charge in [-0.15, -0.1) is 0 Å². The van der Waals surface area contributed by atoms with E-state index in [2.05, 4.69) is 6.92 Å². The first kappa shape index (κ1) is 21.3. The fraction of sp³-hybridized carbons (Fsp3) is 0.739. The molecule has 0 saturated heterocycles. The van der Waals surface area contributed by atoms with E-state index in [-0.39, 0.29) is 5.41 Å². The summed E-state index contributed by atoms with van der Waals surface area (Å²) in [6.45, 7) is 2.92. The monoisotopic (exact) mass is 366 g/mol.